The molecule has 0 nitrogen and oxygen atoms in total. The molecule has 0 saturated heterocycles. The second-order valence-electron chi connectivity index (χ2n) is 1.69. The maximum Gasteiger partial charge on any atom is 0.384 e. The zero-order valence-corrected chi connectivity index (χ0v) is 10.9. The summed E-state index contributed by atoms with van der Waals surface area (Å²) in [6, 6.07) is 0. The molecule has 0 aliphatic heterocycles. The maximum atomic E-state index is 11.6. The maximum absolute atomic E-state index is 11.6. The molecule has 6 heteroatoms. The van der Waals surface area contributed by atoms with Crippen molar-refractivity contribution in [2.75, 3.05) is 0 Å². The first-order valence-electron chi connectivity index (χ1n) is 2.45. The molecule has 0 aromatic carbocycles. The van der Waals surface area contributed by atoms with Gasteiger partial charge in [0.2, 0.25) is 0 Å². The molecule has 0 spiro atoms. The van der Waals surface area contributed by atoms with E-state index in [2.05, 4.69) is 6.08 Å². The third-order valence-electron chi connectivity index (χ3n) is 1.00. The molecule has 0 heterocycles. The van der Waals surface area contributed by atoms with Crippen molar-refractivity contribution in [1.29, 1.82) is 0 Å². The topological polar surface area (TPSA) is 0 Å². The zero-order chi connectivity index (χ0) is 6.91. The average molecular weight is 382 g/mol. The minimum absolute atomic E-state index is 0. The van der Waals surface area contributed by atoms with Crippen LogP contribution in [0.25, 0.3) is 0 Å². The van der Waals surface area contributed by atoms with Crippen molar-refractivity contribution in [3.63, 3.8) is 0 Å². The largest absolute Gasteiger partial charge is 1.00 e. The van der Waals surface area contributed by atoms with Gasteiger partial charge >= 0.3 is 6.18 Å². The first-order chi connectivity index (χ1) is 4.11. The molecule has 0 unspecified atom stereocenters. The predicted octanol–water partition coefficient (Wildman–Crippen LogP) is -3.76. The van der Waals surface area contributed by atoms with E-state index in [1.807, 2.05) is 0 Å². The normalized spacial score (nSPS) is 13.8. The Kier molecular flexibility index (Phi) is 11.0. The molecule has 0 aromatic rings. The van der Waals surface area contributed by atoms with Crippen LogP contribution in [0.15, 0.2) is 17.7 Å². The number of hydrogen-bond acceptors (Lipinski definition) is 0. The molecule has 0 atom stereocenters. The summed E-state index contributed by atoms with van der Waals surface area (Å²) in [5.74, 6) is 0. The second-order valence-corrected chi connectivity index (χ2v) is 1.69. The summed E-state index contributed by atoms with van der Waals surface area (Å²) in [6.07, 6.45) is 0.737. The van der Waals surface area contributed by atoms with Crippen LogP contribution in [-0.2, 0) is 25.8 Å². The molecule has 12 heavy (non-hydrogen) atoms. The van der Waals surface area contributed by atoms with Crippen LogP contribution in [0.4, 0.5) is 13.2 Å². The van der Waals surface area contributed by atoms with Crippen LogP contribution in [0.5, 0.6) is 0 Å². The zero-order valence-electron chi connectivity index (χ0n) is 5.75. The van der Waals surface area contributed by atoms with Gasteiger partial charge in [0.15, 0.2) is 0 Å². The molecule has 70 valence electrons. The Hall–Kier alpha value is 0.720. The number of alkyl halides is 3. The summed E-state index contributed by atoms with van der Waals surface area (Å²) in [6.45, 7) is 0. The Morgan fingerprint density at radius 3 is 1.92 bits per heavy atom. The molecule has 0 radical (unpaired) electrons. The van der Waals surface area contributed by atoms with Crippen molar-refractivity contribution in [3.05, 3.63) is 23.8 Å². The van der Waals surface area contributed by atoms with Crippen LogP contribution in [-0.4, -0.2) is 6.18 Å². The van der Waals surface area contributed by atoms with Gasteiger partial charge in [-0.15, -0.1) is 12.0 Å². The SMILES string of the molecule is FC(F)(F)C1=[C-]CC=C1.[Cl-].[Cl-].[Hf]. The van der Waals surface area contributed by atoms with E-state index in [0.717, 1.165) is 6.08 Å². The van der Waals surface area contributed by atoms with Crippen molar-refractivity contribution >= 4 is 0 Å². The number of hydrogen-bond donors (Lipinski definition) is 0. The average Bonchev–Trinajstić information content (AvgIpc) is 2.08. The monoisotopic (exact) mass is 383 g/mol. The Balaban J connectivity index is -0.000000270. The van der Waals surface area contributed by atoms with Gasteiger partial charge in [-0.2, -0.15) is 19.2 Å². The number of allylic oxidation sites excluding steroid dienone is 4. The van der Waals surface area contributed by atoms with Gasteiger partial charge in [-0.25, -0.2) is 6.08 Å². The van der Waals surface area contributed by atoms with Crippen molar-refractivity contribution in [2.45, 2.75) is 12.6 Å². The predicted molar refractivity (Wildman–Crippen MR) is 26.6 cm³/mol. The summed E-state index contributed by atoms with van der Waals surface area (Å²) >= 11 is 0. The van der Waals surface area contributed by atoms with E-state index in [-0.39, 0.29) is 57.1 Å². The Bertz CT molecular complexity index is 174. The van der Waals surface area contributed by atoms with Crippen LogP contribution in [0.3, 0.4) is 0 Å². The van der Waals surface area contributed by atoms with Crippen molar-refractivity contribution in [2.24, 2.45) is 0 Å². The van der Waals surface area contributed by atoms with Crippen molar-refractivity contribution < 1.29 is 63.8 Å². The van der Waals surface area contributed by atoms with Gasteiger partial charge < -0.3 is 24.8 Å². The molecular weight excluding hydrogens is 378 g/mol. The number of rotatable bonds is 0. The Labute approximate surface area is 99.9 Å². The van der Waals surface area contributed by atoms with Gasteiger partial charge in [0.25, 0.3) is 0 Å². The standard InChI is InChI=1S/C6H4F3.2ClH.Hf/c7-6(8,9)5-3-1-2-4-5;;;/h1,3H,2H2;2*1H;/q-1;;;/p-2. The van der Waals surface area contributed by atoms with Crippen molar-refractivity contribution in [1.82, 2.24) is 0 Å². The third-order valence-corrected chi connectivity index (χ3v) is 1.00. The molecule has 0 amide bonds. The molecule has 0 saturated carbocycles. The summed E-state index contributed by atoms with van der Waals surface area (Å²) < 4.78 is 34.8. The van der Waals surface area contributed by atoms with E-state index in [9.17, 15) is 13.2 Å². The smallest absolute Gasteiger partial charge is 0.384 e. The van der Waals surface area contributed by atoms with Gasteiger partial charge in [0.05, 0.1) is 0 Å². The third kappa shape index (κ3) is 5.38. The minimum atomic E-state index is -4.20. The summed E-state index contributed by atoms with van der Waals surface area (Å²) in [5, 5.41) is 0. The van der Waals surface area contributed by atoms with Gasteiger partial charge in [-0.1, -0.05) is 0 Å². The fourth-order valence-corrected chi connectivity index (χ4v) is 0.599. The first-order valence-corrected chi connectivity index (χ1v) is 2.45. The molecule has 0 fully saturated rings. The van der Waals surface area contributed by atoms with Crippen molar-refractivity contribution in [3.8, 4) is 0 Å². The molecular formula is C6H4Cl2F3Hf-3. The molecule has 0 N–H and O–H groups in total. The Morgan fingerprint density at radius 2 is 1.75 bits per heavy atom. The van der Waals surface area contributed by atoms with E-state index >= 15 is 0 Å². The first kappa shape index (κ1) is 18.5. The molecule has 1 aliphatic carbocycles. The van der Waals surface area contributed by atoms with Crippen LogP contribution in [0.1, 0.15) is 6.42 Å². The van der Waals surface area contributed by atoms with Gasteiger partial charge in [-0.3, -0.25) is 6.08 Å². The van der Waals surface area contributed by atoms with Crippen LogP contribution >= 0.6 is 0 Å². The van der Waals surface area contributed by atoms with E-state index in [1.54, 1.807) is 0 Å². The van der Waals surface area contributed by atoms with Crippen LogP contribution in [0.2, 0.25) is 0 Å². The van der Waals surface area contributed by atoms with E-state index in [1.165, 1.54) is 6.08 Å². The number of halogens is 5. The fraction of sp³-hybridized carbons (Fsp3) is 0.333. The molecule has 0 bridgehead atoms. The second kappa shape index (κ2) is 7.16. The van der Waals surface area contributed by atoms with Crippen LogP contribution in [0, 0.1) is 6.08 Å². The molecule has 1 rings (SSSR count). The summed E-state index contributed by atoms with van der Waals surface area (Å²) in [4.78, 5) is 0. The molecule has 1 aliphatic rings. The van der Waals surface area contributed by atoms with Crippen LogP contribution < -0.4 is 24.8 Å². The van der Waals surface area contributed by atoms with E-state index in [4.69, 9.17) is 0 Å². The van der Waals surface area contributed by atoms with Gasteiger partial charge in [-0.05, 0) is 0 Å². The van der Waals surface area contributed by atoms with Gasteiger partial charge in [0.1, 0.15) is 0 Å². The minimum Gasteiger partial charge on any atom is -1.00 e. The Morgan fingerprint density at radius 1 is 1.25 bits per heavy atom. The van der Waals surface area contributed by atoms with Gasteiger partial charge in [0, 0.05) is 25.8 Å². The fourth-order valence-electron chi connectivity index (χ4n) is 0.599. The quantitative estimate of drug-likeness (QED) is 0.298. The summed E-state index contributed by atoms with van der Waals surface area (Å²) in [5.41, 5.74) is -0.650. The molecule has 0 aromatic heterocycles. The van der Waals surface area contributed by atoms with E-state index < -0.39 is 11.7 Å². The summed E-state index contributed by atoms with van der Waals surface area (Å²) in [7, 11) is 0. The van der Waals surface area contributed by atoms with E-state index in [0.29, 0.717) is 0 Å².